The van der Waals surface area contributed by atoms with Crippen LogP contribution in [0.4, 0.5) is 5.69 Å². The quantitative estimate of drug-likeness (QED) is 0.543. The van der Waals surface area contributed by atoms with Gasteiger partial charge in [0.15, 0.2) is 0 Å². The van der Waals surface area contributed by atoms with Gasteiger partial charge in [-0.1, -0.05) is 0 Å². The van der Waals surface area contributed by atoms with Gasteiger partial charge in [-0.25, -0.2) is 14.8 Å². The number of piperazine rings is 1. The molecule has 1 aromatic carbocycles. The topological polar surface area (TPSA) is 75.7 Å². The van der Waals surface area contributed by atoms with Crippen LogP contribution < -0.4 is 15.8 Å². The zero-order valence-corrected chi connectivity index (χ0v) is 15.8. The van der Waals surface area contributed by atoms with Gasteiger partial charge in [-0.3, -0.25) is 4.40 Å². The SMILES string of the molecule is Cc1ccn2cc(-c3cc4ccc(N5CCN[C@H](C)C5)cc4oc3=O)nc2n1. The fourth-order valence-corrected chi connectivity index (χ4v) is 3.73. The molecule has 1 atom stereocenters. The van der Waals surface area contributed by atoms with Crippen LogP contribution in [0.25, 0.3) is 28.0 Å². The maximum absolute atomic E-state index is 12.7. The number of benzene rings is 1. The van der Waals surface area contributed by atoms with E-state index in [1.165, 1.54) is 0 Å². The first-order valence-corrected chi connectivity index (χ1v) is 9.46. The number of rotatable bonds is 2. The first kappa shape index (κ1) is 16.9. The zero-order chi connectivity index (χ0) is 19.3. The molecule has 3 aromatic heterocycles. The van der Waals surface area contributed by atoms with Crippen LogP contribution in [0.3, 0.4) is 0 Å². The Hall–Kier alpha value is -3.19. The third-order valence-electron chi connectivity index (χ3n) is 5.19. The predicted molar refractivity (Wildman–Crippen MR) is 109 cm³/mol. The van der Waals surface area contributed by atoms with Crippen LogP contribution in [-0.4, -0.2) is 40.0 Å². The number of anilines is 1. The van der Waals surface area contributed by atoms with Crippen molar-refractivity contribution in [3.8, 4) is 11.3 Å². The Balaban J connectivity index is 1.56. The Morgan fingerprint density at radius 2 is 2.11 bits per heavy atom. The van der Waals surface area contributed by atoms with E-state index in [0.29, 0.717) is 28.7 Å². The molecule has 0 unspecified atom stereocenters. The van der Waals surface area contributed by atoms with Gasteiger partial charge in [0.1, 0.15) is 5.58 Å². The van der Waals surface area contributed by atoms with Gasteiger partial charge >= 0.3 is 5.63 Å². The number of nitrogens with one attached hydrogen (secondary N) is 1. The van der Waals surface area contributed by atoms with E-state index in [2.05, 4.69) is 33.2 Å². The lowest BCUT2D eigenvalue weighted by Crippen LogP contribution is -2.49. The Bertz CT molecular complexity index is 1240. The summed E-state index contributed by atoms with van der Waals surface area (Å²) in [5, 5.41) is 4.32. The van der Waals surface area contributed by atoms with Gasteiger partial charge in [0.05, 0.1) is 11.3 Å². The summed E-state index contributed by atoms with van der Waals surface area (Å²) in [6.07, 6.45) is 3.69. The molecule has 5 rings (SSSR count). The minimum atomic E-state index is -0.390. The summed E-state index contributed by atoms with van der Waals surface area (Å²) in [7, 11) is 0. The minimum Gasteiger partial charge on any atom is -0.422 e. The van der Waals surface area contributed by atoms with Crippen LogP contribution in [0.5, 0.6) is 0 Å². The van der Waals surface area contributed by atoms with Gasteiger partial charge in [0.25, 0.3) is 0 Å². The first-order chi connectivity index (χ1) is 13.6. The Labute approximate surface area is 161 Å². The van der Waals surface area contributed by atoms with E-state index in [-0.39, 0.29) is 0 Å². The number of nitrogens with zero attached hydrogens (tertiary/aromatic N) is 4. The van der Waals surface area contributed by atoms with Crippen molar-refractivity contribution in [3.05, 3.63) is 58.8 Å². The van der Waals surface area contributed by atoms with Crippen LogP contribution in [0.1, 0.15) is 12.6 Å². The van der Waals surface area contributed by atoms with E-state index in [0.717, 1.165) is 36.4 Å². The van der Waals surface area contributed by atoms with Crippen molar-refractivity contribution in [2.24, 2.45) is 0 Å². The monoisotopic (exact) mass is 375 g/mol. The summed E-state index contributed by atoms with van der Waals surface area (Å²) in [6.45, 7) is 6.90. The first-order valence-electron chi connectivity index (χ1n) is 9.46. The number of hydrogen-bond donors (Lipinski definition) is 1. The third kappa shape index (κ3) is 2.93. The summed E-state index contributed by atoms with van der Waals surface area (Å²) in [4.78, 5) is 23.8. The second kappa shape index (κ2) is 6.45. The average Bonchev–Trinajstić information content (AvgIpc) is 3.10. The summed E-state index contributed by atoms with van der Waals surface area (Å²) < 4.78 is 7.46. The smallest absolute Gasteiger partial charge is 0.345 e. The van der Waals surface area contributed by atoms with E-state index >= 15 is 0 Å². The fourth-order valence-electron chi connectivity index (χ4n) is 3.73. The standard InChI is InChI=1S/C21H21N5O2/c1-13-5-7-26-12-18(24-21(26)23-13)17-9-15-3-4-16(10-19(15)28-20(17)27)25-8-6-22-14(2)11-25/h3-5,7,9-10,12,14,22H,6,8,11H2,1-2H3/t14-/m1/s1. The molecule has 4 heterocycles. The molecule has 1 aliphatic rings. The lowest BCUT2D eigenvalue weighted by Gasteiger charge is -2.33. The summed E-state index contributed by atoms with van der Waals surface area (Å²) in [5.74, 6) is 0.567. The van der Waals surface area contributed by atoms with Crippen LogP contribution in [-0.2, 0) is 0 Å². The van der Waals surface area contributed by atoms with Crippen LogP contribution >= 0.6 is 0 Å². The number of hydrogen-bond acceptors (Lipinski definition) is 6. The number of fused-ring (bicyclic) bond motifs is 2. The number of imidazole rings is 1. The van der Waals surface area contributed by atoms with Gasteiger partial charge in [-0.15, -0.1) is 0 Å². The lowest BCUT2D eigenvalue weighted by molar-refractivity contribution is 0.484. The van der Waals surface area contributed by atoms with Gasteiger partial charge < -0.3 is 14.6 Å². The molecule has 0 aliphatic carbocycles. The van der Waals surface area contributed by atoms with E-state index in [9.17, 15) is 4.79 Å². The van der Waals surface area contributed by atoms with Crippen molar-refractivity contribution >= 4 is 22.4 Å². The molecule has 0 bridgehead atoms. The highest BCUT2D eigenvalue weighted by molar-refractivity contribution is 5.84. The third-order valence-corrected chi connectivity index (χ3v) is 5.19. The molecule has 1 saturated heterocycles. The highest BCUT2D eigenvalue weighted by Gasteiger charge is 2.17. The van der Waals surface area contributed by atoms with Crippen LogP contribution in [0.2, 0.25) is 0 Å². The molecule has 1 aliphatic heterocycles. The van der Waals surface area contributed by atoms with Gasteiger partial charge in [0, 0.05) is 60.9 Å². The van der Waals surface area contributed by atoms with Crippen molar-refractivity contribution in [1.29, 1.82) is 0 Å². The molecule has 0 amide bonds. The maximum atomic E-state index is 12.7. The molecule has 142 valence electrons. The Kier molecular flexibility index (Phi) is 3.91. The summed E-state index contributed by atoms with van der Waals surface area (Å²) in [6, 6.07) is 10.2. The molecule has 28 heavy (non-hydrogen) atoms. The molecule has 7 nitrogen and oxygen atoms in total. The van der Waals surface area contributed by atoms with E-state index in [4.69, 9.17) is 4.42 Å². The highest BCUT2D eigenvalue weighted by Crippen LogP contribution is 2.25. The van der Waals surface area contributed by atoms with Crippen molar-refractivity contribution in [3.63, 3.8) is 0 Å². The minimum absolute atomic E-state index is 0.390. The molecule has 1 fully saturated rings. The Morgan fingerprint density at radius 1 is 1.21 bits per heavy atom. The zero-order valence-electron chi connectivity index (χ0n) is 15.8. The van der Waals surface area contributed by atoms with Crippen molar-refractivity contribution < 1.29 is 4.42 Å². The second-order valence-electron chi connectivity index (χ2n) is 7.37. The van der Waals surface area contributed by atoms with Crippen LogP contribution in [0, 0.1) is 6.92 Å². The van der Waals surface area contributed by atoms with Gasteiger partial charge in [0.2, 0.25) is 5.78 Å². The molecule has 7 heteroatoms. The predicted octanol–water partition coefficient (Wildman–Crippen LogP) is 2.61. The number of aryl methyl sites for hydroxylation is 1. The molecule has 1 N–H and O–H groups in total. The van der Waals surface area contributed by atoms with Crippen molar-refractivity contribution in [2.45, 2.75) is 19.9 Å². The number of aromatic nitrogens is 3. The molecular formula is C21H21N5O2. The molecular weight excluding hydrogens is 354 g/mol. The fraction of sp³-hybridized carbons (Fsp3) is 0.286. The molecule has 0 radical (unpaired) electrons. The normalized spacial score (nSPS) is 17.5. The molecule has 0 spiro atoms. The summed E-state index contributed by atoms with van der Waals surface area (Å²) in [5.41, 5.74) is 3.16. The van der Waals surface area contributed by atoms with Gasteiger partial charge in [-0.05, 0) is 38.1 Å². The Morgan fingerprint density at radius 3 is 2.96 bits per heavy atom. The van der Waals surface area contributed by atoms with E-state index in [1.807, 2.05) is 37.4 Å². The average molecular weight is 375 g/mol. The summed E-state index contributed by atoms with van der Waals surface area (Å²) >= 11 is 0. The largest absolute Gasteiger partial charge is 0.422 e. The van der Waals surface area contributed by atoms with E-state index < -0.39 is 5.63 Å². The van der Waals surface area contributed by atoms with E-state index in [1.54, 1.807) is 10.6 Å². The van der Waals surface area contributed by atoms with Crippen molar-refractivity contribution in [1.82, 2.24) is 19.7 Å². The van der Waals surface area contributed by atoms with Crippen LogP contribution in [0.15, 0.2) is 51.9 Å². The maximum Gasteiger partial charge on any atom is 0.345 e. The van der Waals surface area contributed by atoms with Gasteiger partial charge in [-0.2, -0.15) is 0 Å². The molecule has 4 aromatic rings. The second-order valence-corrected chi connectivity index (χ2v) is 7.37. The van der Waals surface area contributed by atoms with Crippen molar-refractivity contribution in [2.75, 3.05) is 24.5 Å². The lowest BCUT2D eigenvalue weighted by atomic mass is 10.1. The molecule has 0 saturated carbocycles. The highest BCUT2D eigenvalue weighted by atomic mass is 16.4.